The third kappa shape index (κ3) is 3.82. The molecule has 2 aliphatic heterocycles. The second-order valence-electron chi connectivity index (χ2n) is 8.97. The summed E-state index contributed by atoms with van der Waals surface area (Å²) in [5.41, 5.74) is -1.29. The van der Waals surface area contributed by atoms with Crippen molar-refractivity contribution in [3.05, 3.63) is 0 Å². The summed E-state index contributed by atoms with van der Waals surface area (Å²) >= 11 is 0. The third-order valence-electron chi connectivity index (χ3n) is 5.84. The SMILES string of the molecule is CC(C)C1(C(=O)O)CCN(C(=O)C2CCCN(C(=O)C(C)(C)C)C2)C1. The zero-order chi connectivity index (χ0) is 19.0. The number of likely N-dealkylation sites (tertiary alicyclic amines) is 2. The normalized spacial score (nSPS) is 27.7. The van der Waals surface area contributed by atoms with Crippen molar-refractivity contribution in [2.45, 2.75) is 53.9 Å². The molecule has 0 radical (unpaired) electrons. The van der Waals surface area contributed by atoms with Gasteiger partial charge >= 0.3 is 5.97 Å². The van der Waals surface area contributed by atoms with Crippen molar-refractivity contribution < 1.29 is 19.5 Å². The van der Waals surface area contributed by atoms with Crippen molar-refractivity contribution in [3.63, 3.8) is 0 Å². The summed E-state index contributed by atoms with van der Waals surface area (Å²) in [6.07, 6.45) is 2.09. The van der Waals surface area contributed by atoms with Crippen molar-refractivity contribution in [1.82, 2.24) is 9.80 Å². The van der Waals surface area contributed by atoms with Crippen LogP contribution < -0.4 is 0 Å². The number of nitrogens with zero attached hydrogens (tertiary/aromatic N) is 2. The standard InChI is InChI=1S/C19H32N2O4/c1-13(2)19(17(24)25)8-10-21(12-19)15(22)14-7-6-9-20(11-14)16(23)18(3,4)5/h13-14H,6-12H2,1-5H3,(H,24,25). The lowest BCUT2D eigenvalue weighted by Gasteiger charge is -2.37. The molecule has 6 heteroatoms. The molecule has 2 heterocycles. The summed E-state index contributed by atoms with van der Waals surface area (Å²) in [6, 6.07) is 0. The minimum absolute atomic E-state index is 0.00943. The van der Waals surface area contributed by atoms with Crippen LogP contribution in [0.5, 0.6) is 0 Å². The number of carbonyl (C=O) groups excluding carboxylic acids is 2. The van der Waals surface area contributed by atoms with Gasteiger partial charge in [-0.3, -0.25) is 14.4 Å². The molecule has 2 fully saturated rings. The molecule has 6 nitrogen and oxygen atoms in total. The van der Waals surface area contributed by atoms with Gasteiger partial charge in [-0.05, 0) is 25.2 Å². The first-order chi connectivity index (χ1) is 11.5. The fourth-order valence-corrected chi connectivity index (χ4v) is 4.01. The van der Waals surface area contributed by atoms with Gasteiger partial charge in [-0.2, -0.15) is 0 Å². The zero-order valence-electron chi connectivity index (χ0n) is 16.2. The molecular formula is C19H32N2O4. The fraction of sp³-hybridized carbons (Fsp3) is 0.842. The number of carboxylic acids is 1. The molecule has 0 aliphatic carbocycles. The monoisotopic (exact) mass is 352 g/mol. The molecule has 2 atom stereocenters. The summed E-state index contributed by atoms with van der Waals surface area (Å²) < 4.78 is 0. The Morgan fingerprint density at radius 2 is 1.76 bits per heavy atom. The Morgan fingerprint density at radius 3 is 2.24 bits per heavy atom. The van der Waals surface area contributed by atoms with Crippen molar-refractivity contribution in [3.8, 4) is 0 Å². The van der Waals surface area contributed by atoms with E-state index in [9.17, 15) is 19.5 Å². The molecule has 2 rings (SSSR count). The van der Waals surface area contributed by atoms with Gasteiger partial charge in [0, 0.05) is 31.6 Å². The summed E-state index contributed by atoms with van der Waals surface area (Å²) in [5, 5.41) is 9.66. The molecule has 1 N–H and O–H groups in total. The van der Waals surface area contributed by atoms with Gasteiger partial charge in [0.2, 0.25) is 11.8 Å². The first-order valence-electron chi connectivity index (χ1n) is 9.30. The second kappa shape index (κ2) is 6.96. The molecule has 2 unspecified atom stereocenters. The van der Waals surface area contributed by atoms with E-state index < -0.39 is 16.8 Å². The second-order valence-corrected chi connectivity index (χ2v) is 8.97. The lowest BCUT2D eigenvalue weighted by atomic mass is 9.76. The van der Waals surface area contributed by atoms with Gasteiger partial charge < -0.3 is 14.9 Å². The highest BCUT2D eigenvalue weighted by molar-refractivity contribution is 5.85. The molecule has 0 aromatic rings. The molecule has 0 aromatic carbocycles. The van der Waals surface area contributed by atoms with E-state index >= 15 is 0 Å². The van der Waals surface area contributed by atoms with Crippen LogP contribution in [0.25, 0.3) is 0 Å². The molecule has 142 valence electrons. The summed E-state index contributed by atoms with van der Waals surface area (Å²) in [5.74, 6) is -0.959. The highest BCUT2D eigenvalue weighted by Crippen LogP contribution is 2.39. The summed E-state index contributed by atoms with van der Waals surface area (Å²) in [6.45, 7) is 11.4. The smallest absolute Gasteiger partial charge is 0.311 e. The van der Waals surface area contributed by atoms with Gasteiger partial charge in [0.25, 0.3) is 0 Å². The van der Waals surface area contributed by atoms with Gasteiger partial charge in [0.1, 0.15) is 0 Å². The van der Waals surface area contributed by atoms with Crippen LogP contribution in [0, 0.1) is 22.7 Å². The number of rotatable bonds is 3. The van der Waals surface area contributed by atoms with E-state index in [1.807, 2.05) is 34.6 Å². The van der Waals surface area contributed by atoms with E-state index in [4.69, 9.17) is 0 Å². The molecule has 2 aliphatic rings. The van der Waals surface area contributed by atoms with Gasteiger partial charge in [-0.15, -0.1) is 0 Å². The van der Waals surface area contributed by atoms with Crippen molar-refractivity contribution in [2.24, 2.45) is 22.7 Å². The Labute approximate surface area is 150 Å². The number of aliphatic carboxylic acids is 1. The lowest BCUT2D eigenvalue weighted by Crippen LogP contribution is -2.49. The van der Waals surface area contributed by atoms with Crippen LogP contribution in [0.4, 0.5) is 0 Å². The average molecular weight is 352 g/mol. The molecular weight excluding hydrogens is 320 g/mol. The Hall–Kier alpha value is -1.59. The van der Waals surface area contributed by atoms with Gasteiger partial charge in [0.15, 0.2) is 0 Å². The summed E-state index contributed by atoms with van der Waals surface area (Å²) in [7, 11) is 0. The van der Waals surface area contributed by atoms with Crippen molar-refractivity contribution in [1.29, 1.82) is 0 Å². The Balaban J connectivity index is 2.06. The molecule has 0 saturated carbocycles. The predicted octanol–water partition coefficient (Wildman–Crippen LogP) is 2.23. The Morgan fingerprint density at radius 1 is 1.12 bits per heavy atom. The molecule has 0 bridgehead atoms. The molecule has 2 saturated heterocycles. The number of carbonyl (C=O) groups is 3. The van der Waals surface area contributed by atoms with E-state index in [-0.39, 0.29) is 30.2 Å². The minimum atomic E-state index is -0.842. The topological polar surface area (TPSA) is 77.9 Å². The number of amides is 2. The maximum absolute atomic E-state index is 12.9. The average Bonchev–Trinajstić information content (AvgIpc) is 2.99. The number of carboxylic acid groups (broad SMARTS) is 1. The molecule has 2 amide bonds. The zero-order valence-corrected chi connectivity index (χ0v) is 16.2. The van der Waals surface area contributed by atoms with Crippen LogP contribution in [0.1, 0.15) is 53.9 Å². The first kappa shape index (κ1) is 19.7. The van der Waals surface area contributed by atoms with E-state index in [1.165, 1.54) is 0 Å². The lowest BCUT2D eigenvalue weighted by molar-refractivity contribution is -0.151. The maximum atomic E-state index is 12.9. The number of piperidine rings is 1. The van der Waals surface area contributed by atoms with Crippen LogP contribution in [0.2, 0.25) is 0 Å². The van der Waals surface area contributed by atoms with Crippen LogP contribution >= 0.6 is 0 Å². The quantitative estimate of drug-likeness (QED) is 0.845. The van der Waals surface area contributed by atoms with Crippen LogP contribution in [0.15, 0.2) is 0 Å². The largest absolute Gasteiger partial charge is 0.481 e. The Bertz CT molecular complexity index is 552. The van der Waals surface area contributed by atoms with Gasteiger partial charge in [0.05, 0.1) is 11.3 Å². The van der Waals surface area contributed by atoms with E-state index in [2.05, 4.69) is 0 Å². The number of hydrogen-bond donors (Lipinski definition) is 1. The van der Waals surface area contributed by atoms with Crippen LogP contribution in [0.3, 0.4) is 0 Å². The van der Waals surface area contributed by atoms with E-state index in [1.54, 1.807) is 9.80 Å². The highest BCUT2D eigenvalue weighted by Gasteiger charge is 2.49. The van der Waals surface area contributed by atoms with Gasteiger partial charge in [-0.25, -0.2) is 0 Å². The van der Waals surface area contributed by atoms with E-state index in [0.717, 1.165) is 12.8 Å². The predicted molar refractivity (Wildman–Crippen MR) is 94.9 cm³/mol. The van der Waals surface area contributed by atoms with Gasteiger partial charge in [-0.1, -0.05) is 34.6 Å². The van der Waals surface area contributed by atoms with Crippen LogP contribution in [-0.2, 0) is 14.4 Å². The summed E-state index contributed by atoms with van der Waals surface area (Å²) in [4.78, 5) is 40.7. The van der Waals surface area contributed by atoms with Crippen molar-refractivity contribution >= 4 is 17.8 Å². The Kier molecular flexibility index (Phi) is 5.50. The van der Waals surface area contributed by atoms with Crippen molar-refractivity contribution in [2.75, 3.05) is 26.2 Å². The molecule has 0 spiro atoms. The molecule has 0 aromatic heterocycles. The third-order valence-corrected chi connectivity index (χ3v) is 5.84. The minimum Gasteiger partial charge on any atom is -0.481 e. The first-order valence-corrected chi connectivity index (χ1v) is 9.30. The highest BCUT2D eigenvalue weighted by atomic mass is 16.4. The molecule has 25 heavy (non-hydrogen) atoms. The number of hydrogen-bond acceptors (Lipinski definition) is 3. The van der Waals surface area contributed by atoms with E-state index in [0.29, 0.717) is 26.1 Å². The fourth-order valence-electron chi connectivity index (χ4n) is 4.01. The maximum Gasteiger partial charge on any atom is 0.311 e. The van der Waals surface area contributed by atoms with Crippen LogP contribution in [-0.4, -0.2) is 58.9 Å².